The molecule has 0 fully saturated rings. The summed E-state index contributed by atoms with van der Waals surface area (Å²) in [6.45, 7) is -0.0660. The molecular weight excluding hydrogens is 266 g/mol. The molecule has 2 aromatic rings. The smallest absolute Gasteiger partial charge is 0.273 e. The van der Waals surface area contributed by atoms with Crippen LogP contribution in [-0.2, 0) is 6.61 Å². The van der Waals surface area contributed by atoms with Gasteiger partial charge in [0, 0.05) is 20.3 Å². The summed E-state index contributed by atoms with van der Waals surface area (Å²) in [5.41, 5.74) is 1.74. The van der Waals surface area contributed by atoms with Crippen LogP contribution < -0.4 is 0 Å². The van der Waals surface area contributed by atoms with Gasteiger partial charge in [0.2, 0.25) is 0 Å². The predicted molar refractivity (Wildman–Crippen MR) is 72.5 cm³/mol. The van der Waals surface area contributed by atoms with Crippen LogP contribution >= 0.6 is 11.6 Å². The zero-order valence-electron chi connectivity index (χ0n) is 10.7. The van der Waals surface area contributed by atoms with E-state index in [2.05, 4.69) is 5.10 Å². The number of carbonyl (C=O) groups excluding carboxylic acids is 1. The van der Waals surface area contributed by atoms with Crippen molar-refractivity contribution in [3.8, 4) is 5.69 Å². The average Bonchev–Trinajstić information content (AvgIpc) is 2.86. The number of nitrogens with zero attached hydrogens (tertiary/aromatic N) is 3. The highest BCUT2D eigenvalue weighted by atomic mass is 35.5. The van der Waals surface area contributed by atoms with Crippen LogP contribution in [0.15, 0.2) is 30.5 Å². The molecule has 0 radical (unpaired) electrons. The molecule has 0 saturated heterocycles. The summed E-state index contributed by atoms with van der Waals surface area (Å²) in [6.07, 6.45) is 1.68. The molecule has 0 bridgehead atoms. The maximum atomic E-state index is 11.8. The number of aromatic nitrogens is 2. The van der Waals surface area contributed by atoms with E-state index in [-0.39, 0.29) is 12.5 Å². The Morgan fingerprint density at radius 3 is 2.74 bits per heavy atom. The SMILES string of the molecule is CN(C)C(=O)c1ccn(-c2ccc(CO)cc2Cl)n1. The van der Waals surface area contributed by atoms with Gasteiger partial charge in [-0.25, -0.2) is 4.68 Å². The second-order valence-corrected chi connectivity index (χ2v) is 4.70. The van der Waals surface area contributed by atoms with E-state index < -0.39 is 0 Å². The summed E-state index contributed by atoms with van der Waals surface area (Å²) in [7, 11) is 3.34. The Bertz CT molecular complexity index is 608. The van der Waals surface area contributed by atoms with Gasteiger partial charge >= 0.3 is 0 Å². The molecule has 1 aromatic heterocycles. The molecule has 1 N–H and O–H groups in total. The van der Waals surface area contributed by atoms with Crippen molar-refractivity contribution < 1.29 is 9.90 Å². The van der Waals surface area contributed by atoms with Crippen molar-refractivity contribution in [1.29, 1.82) is 0 Å². The normalized spacial score (nSPS) is 10.5. The third-order valence-electron chi connectivity index (χ3n) is 2.66. The Kier molecular flexibility index (Phi) is 3.87. The second kappa shape index (κ2) is 5.42. The Morgan fingerprint density at radius 1 is 1.42 bits per heavy atom. The molecule has 1 heterocycles. The predicted octanol–water partition coefficient (Wildman–Crippen LogP) is 1.72. The molecule has 2 rings (SSSR count). The van der Waals surface area contributed by atoms with Gasteiger partial charge in [-0.1, -0.05) is 17.7 Å². The van der Waals surface area contributed by atoms with Crippen molar-refractivity contribution in [2.24, 2.45) is 0 Å². The van der Waals surface area contributed by atoms with Crippen LogP contribution in [0.1, 0.15) is 16.1 Å². The summed E-state index contributed by atoms with van der Waals surface area (Å²) in [5.74, 6) is -0.165. The first-order chi connectivity index (χ1) is 9.02. The third kappa shape index (κ3) is 2.77. The molecule has 0 saturated carbocycles. The molecule has 100 valence electrons. The minimum atomic E-state index is -0.165. The van der Waals surface area contributed by atoms with Crippen molar-refractivity contribution in [2.45, 2.75) is 6.61 Å². The van der Waals surface area contributed by atoms with Gasteiger partial charge in [-0.15, -0.1) is 0 Å². The average molecular weight is 280 g/mol. The van der Waals surface area contributed by atoms with Crippen molar-refractivity contribution >= 4 is 17.5 Å². The quantitative estimate of drug-likeness (QED) is 0.931. The molecule has 0 unspecified atom stereocenters. The summed E-state index contributed by atoms with van der Waals surface area (Å²) in [6, 6.07) is 6.83. The first kappa shape index (κ1) is 13.6. The molecule has 0 atom stereocenters. The van der Waals surface area contributed by atoms with Crippen LogP contribution in [-0.4, -0.2) is 39.8 Å². The van der Waals surface area contributed by atoms with Crippen LogP contribution in [0.4, 0.5) is 0 Å². The maximum absolute atomic E-state index is 11.8. The number of halogens is 1. The summed E-state index contributed by atoms with van der Waals surface area (Å²) >= 11 is 6.13. The third-order valence-corrected chi connectivity index (χ3v) is 2.96. The van der Waals surface area contributed by atoms with Gasteiger partial charge in [0.15, 0.2) is 5.69 Å². The van der Waals surface area contributed by atoms with Crippen LogP contribution in [0, 0.1) is 0 Å². The van der Waals surface area contributed by atoms with Gasteiger partial charge in [-0.3, -0.25) is 4.79 Å². The van der Waals surface area contributed by atoms with E-state index in [1.54, 1.807) is 49.2 Å². The fourth-order valence-corrected chi connectivity index (χ4v) is 1.93. The Hall–Kier alpha value is -1.85. The number of aliphatic hydroxyl groups excluding tert-OH is 1. The zero-order valence-corrected chi connectivity index (χ0v) is 11.4. The molecule has 0 aliphatic rings. The van der Waals surface area contributed by atoms with Crippen LogP contribution in [0.2, 0.25) is 5.02 Å². The molecule has 1 amide bonds. The monoisotopic (exact) mass is 279 g/mol. The standard InChI is InChI=1S/C13H14ClN3O2/c1-16(2)13(19)11-5-6-17(15-11)12-4-3-9(8-18)7-10(12)14/h3-7,18H,8H2,1-2H3. The fourth-order valence-electron chi connectivity index (χ4n) is 1.64. The topological polar surface area (TPSA) is 58.4 Å². The second-order valence-electron chi connectivity index (χ2n) is 4.29. The van der Waals surface area contributed by atoms with E-state index in [9.17, 15) is 4.79 Å². The molecule has 5 nitrogen and oxygen atoms in total. The Labute approximate surface area is 116 Å². The Balaban J connectivity index is 2.35. The molecular formula is C13H14ClN3O2. The van der Waals surface area contributed by atoms with Crippen molar-refractivity contribution in [3.63, 3.8) is 0 Å². The molecule has 0 spiro atoms. The number of amides is 1. The van der Waals surface area contributed by atoms with Gasteiger partial charge in [-0.05, 0) is 23.8 Å². The highest BCUT2D eigenvalue weighted by Gasteiger charge is 2.13. The van der Waals surface area contributed by atoms with Gasteiger partial charge in [0.25, 0.3) is 5.91 Å². The highest BCUT2D eigenvalue weighted by molar-refractivity contribution is 6.32. The number of rotatable bonds is 3. The van der Waals surface area contributed by atoms with Crippen molar-refractivity contribution in [2.75, 3.05) is 14.1 Å². The van der Waals surface area contributed by atoms with E-state index in [0.717, 1.165) is 5.56 Å². The molecule has 19 heavy (non-hydrogen) atoms. The maximum Gasteiger partial charge on any atom is 0.273 e. The van der Waals surface area contributed by atoms with Gasteiger partial charge in [-0.2, -0.15) is 5.10 Å². The van der Waals surface area contributed by atoms with Gasteiger partial charge in [0.1, 0.15) is 0 Å². The van der Waals surface area contributed by atoms with E-state index in [1.807, 2.05) is 0 Å². The number of aliphatic hydroxyl groups is 1. The summed E-state index contributed by atoms with van der Waals surface area (Å²) < 4.78 is 1.54. The van der Waals surface area contributed by atoms with Crippen LogP contribution in [0.5, 0.6) is 0 Å². The van der Waals surface area contributed by atoms with Gasteiger partial charge in [0.05, 0.1) is 17.3 Å². The lowest BCUT2D eigenvalue weighted by Gasteiger charge is -2.08. The lowest BCUT2D eigenvalue weighted by Crippen LogP contribution is -2.22. The summed E-state index contributed by atoms with van der Waals surface area (Å²) in [4.78, 5) is 13.2. The van der Waals surface area contributed by atoms with E-state index >= 15 is 0 Å². The number of carbonyl (C=O) groups is 1. The van der Waals surface area contributed by atoms with Crippen LogP contribution in [0.3, 0.4) is 0 Å². The number of benzene rings is 1. The van der Waals surface area contributed by atoms with E-state index in [4.69, 9.17) is 16.7 Å². The van der Waals surface area contributed by atoms with Crippen molar-refractivity contribution in [3.05, 3.63) is 46.7 Å². The fraction of sp³-hybridized carbons (Fsp3) is 0.231. The molecule has 0 aliphatic carbocycles. The molecule has 0 aliphatic heterocycles. The lowest BCUT2D eigenvalue weighted by atomic mass is 10.2. The Morgan fingerprint density at radius 2 is 2.16 bits per heavy atom. The minimum Gasteiger partial charge on any atom is -0.392 e. The lowest BCUT2D eigenvalue weighted by molar-refractivity contribution is 0.0821. The zero-order chi connectivity index (χ0) is 14.0. The highest BCUT2D eigenvalue weighted by Crippen LogP contribution is 2.21. The first-order valence-corrected chi connectivity index (χ1v) is 6.07. The largest absolute Gasteiger partial charge is 0.392 e. The van der Waals surface area contributed by atoms with E-state index in [0.29, 0.717) is 16.4 Å². The van der Waals surface area contributed by atoms with Crippen LogP contribution in [0.25, 0.3) is 5.69 Å². The van der Waals surface area contributed by atoms with Gasteiger partial charge < -0.3 is 10.0 Å². The molecule has 1 aromatic carbocycles. The number of hydrogen-bond donors (Lipinski definition) is 1. The van der Waals surface area contributed by atoms with E-state index in [1.165, 1.54) is 4.90 Å². The number of hydrogen-bond acceptors (Lipinski definition) is 3. The first-order valence-electron chi connectivity index (χ1n) is 5.70. The summed E-state index contributed by atoms with van der Waals surface area (Å²) in [5, 5.41) is 13.7. The minimum absolute atomic E-state index is 0.0660. The van der Waals surface area contributed by atoms with Crippen molar-refractivity contribution in [1.82, 2.24) is 14.7 Å². The molecule has 6 heteroatoms.